The van der Waals surface area contributed by atoms with E-state index >= 15 is 0 Å². The van der Waals surface area contributed by atoms with Crippen LogP contribution in [0.2, 0.25) is 0 Å². The second kappa shape index (κ2) is 9.30. The molecule has 1 amide bonds. The van der Waals surface area contributed by atoms with Crippen molar-refractivity contribution < 1.29 is 4.79 Å². The first-order valence-corrected chi connectivity index (χ1v) is 14.1. The Morgan fingerprint density at radius 2 is 1.68 bits per heavy atom. The quantitative estimate of drug-likeness (QED) is 0.566. The predicted octanol–water partition coefficient (Wildman–Crippen LogP) is 4.49. The van der Waals surface area contributed by atoms with Crippen LogP contribution in [-0.4, -0.2) is 49.4 Å². The summed E-state index contributed by atoms with van der Waals surface area (Å²) in [5.41, 5.74) is 1.29. The van der Waals surface area contributed by atoms with Gasteiger partial charge in [0.25, 0.3) is 0 Å². The number of nitrogens with one attached hydrogen (secondary N) is 1. The molecule has 182 valence electrons. The number of rotatable bonds is 8. The molecule has 5 fully saturated rings. The van der Waals surface area contributed by atoms with Crippen LogP contribution in [-0.2, 0) is 17.9 Å². The highest BCUT2D eigenvalue weighted by Gasteiger charge is 2.51. The fraction of sp³-hybridized carbons (Fsp3) is 0.667. The Bertz CT molecular complexity index is 980. The Balaban J connectivity index is 1.17. The molecule has 1 unspecified atom stereocenters. The molecule has 1 N–H and O–H groups in total. The molecule has 5 aliphatic rings. The molecule has 1 atom stereocenters. The predicted molar refractivity (Wildman–Crippen MR) is 134 cm³/mol. The number of benzene rings is 1. The van der Waals surface area contributed by atoms with Gasteiger partial charge in [-0.05, 0) is 94.7 Å². The van der Waals surface area contributed by atoms with E-state index in [0.29, 0.717) is 0 Å². The molecule has 1 aliphatic heterocycles. The molecule has 4 saturated carbocycles. The monoisotopic (exact) mass is 479 g/mol. The summed E-state index contributed by atoms with van der Waals surface area (Å²) in [6.45, 7) is 5.86. The summed E-state index contributed by atoms with van der Waals surface area (Å²) < 4.78 is 2.23. The van der Waals surface area contributed by atoms with Gasteiger partial charge in [0.1, 0.15) is 5.82 Å². The van der Waals surface area contributed by atoms with E-state index in [-0.39, 0.29) is 16.7 Å². The lowest BCUT2D eigenvalue weighted by atomic mass is 9.53. The minimum Gasteiger partial charge on any atom is -0.350 e. The van der Waals surface area contributed by atoms with Gasteiger partial charge in [0.05, 0.1) is 18.3 Å². The van der Waals surface area contributed by atoms with E-state index in [9.17, 15) is 4.79 Å². The molecule has 2 aromatic rings. The topological polar surface area (TPSA) is 63.1 Å². The number of nitrogens with zero attached hydrogens (tertiary/aromatic N) is 4. The Labute approximate surface area is 207 Å². The van der Waals surface area contributed by atoms with Gasteiger partial charge in [0.2, 0.25) is 5.91 Å². The van der Waals surface area contributed by atoms with Gasteiger partial charge < -0.3 is 9.88 Å². The van der Waals surface area contributed by atoms with E-state index < -0.39 is 0 Å². The fourth-order valence-electron chi connectivity index (χ4n) is 7.43. The molecule has 4 bridgehead atoms. The minimum absolute atomic E-state index is 0.0548. The van der Waals surface area contributed by atoms with E-state index in [1.165, 1.54) is 56.9 Å². The lowest BCUT2D eigenvalue weighted by Gasteiger charge is -2.57. The third kappa shape index (κ3) is 4.66. The summed E-state index contributed by atoms with van der Waals surface area (Å²) >= 11 is 1.56. The standard InChI is InChI=1S/C27H37N5OS/c1-19(25(33)28-27-14-21-11-22(15-27)13-23(12-21)16-27)34-26-30-29-24(18-31-9-5-6-10-31)32(26)17-20-7-3-2-4-8-20/h2-4,7-8,19,21-23H,5-6,9-18H2,1H3,(H,28,33). The molecule has 34 heavy (non-hydrogen) atoms. The van der Waals surface area contributed by atoms with Crippen molar-refractivity contribution in [2.45, 2.75) is 87.3 Å². The summed E-state index contributed by atoms with van der Waals surface area (Å²) in [7, 11) is 0. The van der Waals surface area contributed by atoms with Gasteiger partial charge in [-0.2, -0.15) is 0 Å². The lowest BCUT2D eigenvalue weighted by Crippen LogP contribution is -2.60. The van der Waals surface area contributed by atoms with E-state index in [1.54, 1.807) is 11.8 Å². The van der Waals surface area contributed by atoms with Gasteiger partial charge in [-0.25, -0.2) is 0 Å². The van der Waals surface area contributed by atoms with Crippen LogP contribution in [0.25, 0.3) is 0 Å². The zero-order valence-electron chi connectivity index (χ0n) is 20.3. The van der Waals surface area contributed by atoms with E-state index in [1.807, 2.05) is 13.0 Å². The largest absolute Gasteiger partial charge is 0.350 e. The van der Waals surface area contributed by atoms with Gasteiger partial charge in [0.15, 0.2) is 5.16 Å². The molecule has 4 aliphatic carbocycles. The van der Waals surface area contributed by atoms with Crippen LogP contribution in [0.3, 0.4) is 0 Å². The number of carbonyl (C=O) groups is 1. The van der Waals surface area contributed by atoms with E-state index in [0.717, 1.165) is 54.9 Å². The average Bonchev–Trinajstić information content (AvgIpc) is 3.44. The number of hydrogen-bond donors (Lipinski definition) is 1. The number of thioether (sulfide) groups is 1. The van der Waals surface area contributed by atoms with Crippen molar-refractivity contribution in [1.29, 1.82) is 0 Å². The maximum Gasteiger partial charge on any atom is 0.233 e. The number of carbonyl (C=O) groups excluding carboxylic acids is 1. The Morgan fingerprint density at radius 3 is 2.32 bits per heavy atom. The Kier molecular flexibility index (Phi) is 6.18. The summed E-state index contributed by atoms with van der Waals surface area (Å²) in [6, 6.07) is 10.5. The molecular formula is C27H37N5OS. The number of amides is 1. The van der Waals surface area contributed by atoms with Crippen LogP contribution >= 0.6 is 11.8 Å². The van der Waals surface area contributed by atoms with E-state index in [2.05, 4.69) is 49.2 Å². The number of likely N-dealkylation sites (tertiary alicyclic amines) is 1. The minimum atomic E-state index is -0.189. The van der Waals surface area contributed by atoms with Crippen molar-refractivity contribution in [2.24, 2.45) is 17.8 Å². The third-order valence-electron chi connectivity index (χ3n) is 8.62. The first kappa shape index (κ1) is 22.6. The zero-order chi connectivity index (χ0) is 23.1. The zero-order valence-corrected chi connectivity index (χ0v) is 21.1. The first-order valence-electron chi connectivity index (χ1n) is 13.2. The first-order chi connectivity index (χ1) is 16.6. The van der Waals surface area contributed by atoms with Crippen LogP contribution in [0.15, 0.2) is 35.5 Å². The second-order valence-electron chi connectivity index (χ2n) is 11.4. The summed E-state index contributed by atoms with van der Waals surface area (Å²) in [5.74, 6) is 3.66. The Hall–Kier alpha value is -1.86. The summed E-state index contributed by atoms with van der Waals surface area (Å²) in [5, 5.41) is 13.4. The highest BCUT2D eigenvalue weighted by Crippen LogP contribution is 2.55. The van der Waals surface area contributed by atoms with Crippen LogP contribution in [0.4, 0.5) is 0 Å². The van der Waals surface area contributed by atoms with Crippen LogP contribution < -0.4 is 5.32 Å². The van der Waals surface area contributed by atoms with Crippen molar-refractivity contribution >= 4 is 17.7 Å². The molecule has 1 aromatic carbocycles. The molecule has 0 spiro atoms. The Morgan fingerprint density at radius 1 is 1.03 bits per heavy atom. The average molecular weight is 480 g/mol. The molecular weight excluding hydrogens is 442 g/mol. The summed E-state index contributed by atoms with van der Waals surface area (Å²) in [4.78, 5) is 15.9. The van der Waals surface area contributed by atoms with Gasteiger partial charge in [0, 0.05) is 5.54 Å². The summed E-state index contributed by atoms with van der Waals surface area (Å²) in [6.07, 6.45) is 10.3. The van der Waals surface area contributed by atoms with Crippen LogP contribution in [0, 0.1) is 17.8 Å². The molecule has 2 heterocycles. The van der Waals surface area contributed by atoms with Gasteiger partial charge in [-0.15, -0.1) is 10.2 Å². The molecule has 6 nitrogen and oxygen atoms in total. The molecule has 1 saturated heterocycles. The molecule has 7 heteroatoms. The SMILES string of the molecule is CC(Sc1nnc(CN2CCCC2)n1Cc1ccccc1)C(=O)NC12CC3CC(CC(C3)C1)C2. The van der Waals surface area contributed by atoms with Crippen molar-refractivity contribution in [1.82, 2.24) is 25.0 Å². The molecule has 7 rings (SSSR count). The highest BCUT2D eigenvalue weighted by atomic mass is 32.2. The number of aromatic nitrogens is 3. The second-order valence-corrected chi connectivity index (χ2v) is 12.7. The van der Waals surface area contributed by atoms with Crippen LogP contribution in [0.5, 0.6) is 0 Å². The van der Waals surface area contributed by atoms with Crippen molar-refractivity contribution in [3.8, 4) is 0 Å². The van der Waals surface area contributed by atoms with Crippen molar-refractivity contribution in [3.05, 3.63) is 41.7 Å². The van der Waals surface area contributed by atoms with Gasteiger partial charge in [-0.1, -0.05) is 42.1 Å². The number of hydrogen-bond acceptors (Lipinski definition) is 5. The molecule has 1 aromatic heterocycles. The van der Waals surface area contributed by atoms with E-state index in [4.69, 9.17) is 0 Å². The van der Waals surface area contributed by atoms with Gasteiger partial charge in [-0.3, -0.25) is 9.69 Å². The lowest BCUT2D eigenvalue weighted by molar-refractivity contribution is -0.126. The maximum atomic E-state index is 13.4. The van der Waals surface area contributed by atoms with Crippen molar-refractivity contribution in [3.63, 3.8) is 0 Å². The van der Waals surface area contributed by atoms with Gasteiger partial charge >= 0.3 is 0 Å². The fourth-order valence-corrected chi connectivity index (χ4v) is 8.29. The third-order valence-corrected chi connectivity index (χ3v) is 9.70. The van der Waals surface area contributed by atoms with Crippen molar-refractivity contribution in [2.75, 3.05) is 13.1 Å². The normalized spacial score (nSPS) is 31.1. The highest BCUT2D eigenvalue weighted by molar-refractivity contribution is 8.00. The maximum absolute atomic E-state index is 13.4. The smallest absolute Gasteiger partial charge is 0.233 e. The molecule has 0 radical (unpaired) electrons. The van der Waals surface area contributed by atoms with Crippen LogP contribution in [0.1, 0.15) is 69.7 Å².